The number of rotatable bonds is 4. The third-order valence-corrected chi connectivity index (χ3v) is 4.14. The zero-order valence-electron chi connectivity index (χ0n) is 12.3. The third-order valence-electron chi connectivity index (χ3n) is 4.14. The topological polar surface area (TPSA) is 51.4 Å². The lowest BCUT2D eigenvalue weighted by Crippen LogP contribution is -2.23. The number of nitrogens with two attached hydrogens (primary N) is 1. The van der Waals surface area contributed by atoms with Crippen molar-refractivity contribution >= 4 is 5.69 Å². The Labute approximate surface area is 125 Å². The minimum absolute atomic E-state index is 0.468. The zero-order valence-corrected chi connectivity index (χ0v) is 12.3. The van der Waals surface area contributed by atoms with Crippen LogP contribution in [0.15, 0.2) is 42.7 Å². The summed E-state index contributed by atoms with van der Waals surface area (Å²) >= 11 is 0. The van der Waals surface area contributed by atoms with E-state index in [0.29, 0.717) is 6.04 Å². The van der Waals surface area contributed by atoms with Crippen LogP contribution in [0.5, 0.6) is 5.75 Å². The summed E-state index contributed by atoms with van der Waals surface area (Å²) in [7, 11) is 1.70. The van der Waals surface area contributed by atoms with Gasteiger partial charge in [0.2, 0.25) is 0 Å². The molecule has 0 bridgehead atoms. The Hall–Kier alpha value is -2.07. The average molecular weight is 283 g/mol. The molecule has 1 atom stereocenters. The van der Waals surface area contributed by atoms with Crippen LogP contribution in [0.1, 0.15) is 30.0 Å². The molecule has 1 aliphatic rings. The van der Waals surface area contributed by atoms with Crippen LogP contribution in [0.25, 0.3) is 0 Å². The highest BCUT2D eigenvalue weighted by Crippen LogP contribution is 2.34. The minimum atomic E-state index is 0.468. The number of hydrogen-bond donors (Lipinski definition) is 1. The molecule has 1 aliphatic heterocycles. The molecule has 1 saturated heterocycles. The molecule has 1 aromatic heterocycles. The lowest BCUT2D eigenvalue weighted by atomic mass is 10.1. The van der Waals surface area contributed by atoms with Crippen molar-refractivity contribution in [2.75, 3.05) is 19.4 Å². The highest BCUT2D eigenvalue weighted by atomic mass is 16.5. The first-order chi connectivity index (χ1) is 10.3. The Morgan fingerprint density at radius 3 is 2.86 bits per heavy atom. The molecular formula is C17H21N3O. The molecule has 0 amide bonds. The average Bonchev–Trinajstić information content (AvgIpc) is 2.98. The van der Waals surface area contributed by atoms with E-state index in [0.717, 1.165) is 24.5 Å². The van der Waals surface area contributed by atoms with Gasteiger partial charge in [-0.3, -0.25) is 9.88 Å². The van der Waals surface area contributed by atoms with E-state index in [1.807, 2.05) is 24.5 Å². The van der Waals surface area contributed by atoms with Crippen LogP contribution < -0.4 is 10.5 Å². The van der Waals surface area contributed by atoms with Crippen LogP contribution in [-0.4, -0.2) is 23.5 Å². The highest BCUT2D eigenvalue weighted by Gasteiger charge is 2.26. The minimum Gasteiger partial charge on any atom is -0.496 e. The summed E-state index contributed by atoms with van der Waals surface area (Å²) in [5.41, 5.74) is 9.10. The molecule has 110 valence electrons. The molecule has 4 nitrogen and oxygen atoms in total. The van der Waals surface area contributed by atoms with Gasteiger partial charge in [-0.1, -0.05) is 6.07 Å². The fraction of sp³-hybridized carbons (Fsp3) is 0.353. The van der Waals surface area contributed by atoms with E-state index in [4.69, 9.17) is 10.5 Å². The Morgan fingerprint density at radius 2 is 2.10 bits per heavy atom. The normalized spacial score (nSPS) is 18.8. The number of ether oxygens (including phenoxy) is 1. The summed E-state index contributed by atoms with van der Waals surface area (Å²) in [6, 6.07) is 10.6. The predicted octanol–water partition coefficient (Wildman–Crippen LogP) is 3.01. The maximum Gasteiger partial charge on any atom is 0.125 e. The second-order valence-corrected chi connectivity index (χ2v) is 5.48. The van der Waals surface area contributed by atoms with Crippen LogP contribution in [0.2, 0.25) is 0 Å². The second kappa shape index (κ2) is 6.14. The van der Waals surface area contributed by atoms with Crippen LogP contribution in [0.4, 0.5) is 5.69 Å². The van der Waals surface area contributed by atoms with Gasteiger partial charge in [0.05, 0.1) is 7.11 Å². The molecule has 2 heterocycles. The lowest BCUT2D eigenvalue weighted by molar-refractivity contribution is 0.244. The highest BCUT2D eigenvalue weighted by molar-refractivity contribution is 5.48. The van der Waals surface area contributed by atoms with Crippen LogP contribution in [0, 0.1) is 0 Å². The van der Waals surface area contributed by atoms with Crippen molar-refractivity contribution in [2.24, 2.45) is 0 Å². The first kappa shape index (κ1) is 13.9. The second-order valence-electron chi connectivity index (χ2n) is 5.48. The Kier molecular flexibility index (Phi) is 4.06. The Morgan fingerprint density at radius 1 is 1.29 bits per heavy atom. The van der Waals surface area contributed by atoms with Gasteiger partial charge in [-0.15, -0.1) is 0 Å². The number of methoxy groups -OCH3 is 1. The van der Waals surface area contributed by atoms with Gasteiger partial charge < -0.3 is 10.5 Å². The fourth-order valence-electron chi connectivity index (χ4n) is 3.09. The van der Waals surface area contributed by atoms with Gasteiger partial charge in [-0.2, -0.15) is 0 Å². The first-order valence-corrected chi connectivity index (χ1v) is 7.34. The van der Waals surface area contributed by atoms with Crippen molar-refractivity contribution in [2.45, 2.75) is 25.4 Å². The summed E-state index contributed by atoms with van der Waals surface area (Å²) in [5.74, 6) is 0.871. The van der Waals surface area contributed by atoms with E-state index in [-0.39, 0.29) is 0 Å². The number of anilines is 1. The molecule has 0 aliphatic carbocycles. The van der Waals surface area contributed by atoms with Crippen LogP contribution in [-0.2, 0) is 6.54 Å². The van der Waals surface area contributed by atoms with Crippen LogP contribution >= 0.6 is 0 Å². The number of nitrogens with zero attached hydrogens (tertiary/aromatic N) is 2. The van der Waals surface area contributed by atoms with Gasteiger partial charge in [0.15, 0.2) is 0 Å². The largest absolute Gasteiger partial charge is 0.496 e. The number of hydrogen-bond acceptors (Lipinski definition) is 4. The third kappa shape index (κ3) is 3.00. The van der Waals surface area contributed by atoms with E-state index >= 15 is 0 Å². The van der Waals surface area contributed by atoms with E-state index < -0.39 is 0 Å². The quantitative estimate of drug-likeness (QED) is 0.876. The maximum absolute atomic E-state index is 5.83. The van der Waals surface area contributed by atoms with E-state index in [1.165, 1.54) is 24.0 Å². The van der Waals surface area contributed by atoms with Gasteiger partial charge in [-0.05, 0) is 43.1 Å². The van der Waals surface area contributed by atoms with Gasteiger partial charge in [-0.25, -0.2) is 0 Å². The molecule has 21 heavy (non-hydrogen) atoms. The first-order valence-electron chi connectivity index (χ1n) is 7.34. The van der Waals surface area contributed by atoms with E-state index in [1.54, 1.807) is 7.11 Å². The van der Waals surface area contributed by atoms with Crippen molar-refractivity contribution in [3.8, 4) is 5.75 Å². The van der Waals surface area contributed by atoms with Gasteiger partial charge in [0.25, 0.3) is 0 Å². The van der Waals surface area contributed by atoms with Crippen molar-refractivity contribution < 1.29 is 4.74 Å². The molecule has 1 aromatic carbocycles. The van der Waals surface area contributed by atoms with Crippen molar-refractivity contribution in [3.05, 3.63) is 53.9 Å². The monoisotopic (exact) mass is 283 g/mol. The SMILES string of the molecule is COc1cc(N)ccc1CN1CCCC1c1ccncc1. The molecule has 2 N–H and O–H groups in total. The van der Waals surface area contributed by atoms with Gasteiger partial charge in [0.1, 0.15) is 5.75 Å². The molecule has 3 rings (SSSR count). The summed E-state index contributed by atoms with van der Waals surface area (Å²) in [4.78, 5) is 6.61. The molecule has 0 radical (unpaired) electrons. The number of nitrogen functional groups attached to an aromatic ring is 1. The number of aromatic nitrogens is 1. The maximum atomic E-state index is 5.83. The summed E-state index contributed by atoms with van der Waals surface area (Å²) < 4.78 is 5.46. The molecule has 2 aromatic rings. The van der Waals surface area contributed by atoms with Crippen LogP contribution in [0.3, 0.4) is 0 Å². The van der Waals surface area contributed by atoms with Crippen molar-refractivity contribution in [1.29, 1.82) is 0 Å². The van der Waals surface area contributed by atoms with Crippen molar-refractivity contribution in [1.82, 2.24) is 9.88 Å². The van der Waals surface area contributed by atoms with Gasteiger partial charge in [0, 0.05) is 42.3 Å². The predicted molar refractivity (Wildman–Crippen MR) is 84.0 cm³/mol. The fourth-order valence-corrected chi connectivity index (χ4v) is 3.09. The zero-order chi connectivity index (χ0) is 14.7. The Bertz CT molecular complexity index is 600. The molecule has 0 spiro atoms. The smallest absolute Gasteiger partial charge is 0.125 e. The Balaban J connectivity index is 1.81. The number of likely N-dealkylation sites (tertiary alicyclic amines) is 1. The molecule has 1 unspecified atom stereocenters. The van der Waals surface area contributed by atoms with E-state index in [2.05, 4.69) is 28.1 Å². The number of pyridine rings is 1. The standard InChI is InChI=1S/C17H21N3O/c1-21-17-11-15(18)5-4-14(17)12-20-10-2-3-16(20)13-6-8-19-9-7-13/h4-9,11,16H,2-3,10,12,18H2,1H3. The van der Waals surface area contributed by atoms with Crippen molar-refractivity contribution in [3.63, 3.8) is 0 Å². The molecule has 0 saturated carbocycles. The molecule has 1 fully saturated rings. The molecule has 4 heteroatoms. The summed E-state index contributed by atoms with van der Waals surface area (Å²) in [5, 5.41) is 0. The lowest BCUT2D eigenvalue weighted by Gasteiger charge is -2.25. The summed E-state index contributed by atoms with van der Waals surface area (Å²) in [6.45, 7) is 2.00. The van der Waals surface area contributed by atoms with Gasteiger partial charge >= 0.3 is 0 Å². The molecular weight excluding hydrogens is 262 g/mol. The van der Waals surface area contributed by atoms with E-state index in [9.17, 15) is 0 Å². The number of benzene rings is 1. The summed E-state index contributed by atoms with van der Waals surface area (Å²) in [6.07, 6.45) is 6.16.